The molecule has 0 aliphatic carbocycles. The normalized spacial score (nSPS) is 11.8. The summed E-state index contributed by atoms with van der Waals surface area (Å²) in [7, 11) is -1.58. The smallest absolute Gasteiger partial charge is 0.211 e. The zero-order valence-electron chi connectivity index (χ0n) is 9.80. The molecule has 0 bridgehead atoms. The number of sulfonamides is 1. The Morgan fingerprint density at radius 1 is 1.25 bits per heavy atom. The van der Waals surface area contributed by atoms with Gasteiger partial charge < -0.3 is 4.74 Å². The number of likely N-dealkylation sites (N-methyl/N-ethyl adjacent to an activating group) is 1. The molecule has 5 heteroatoms. The van der Waals surface area contributed by atoms with Crippen molar-refractivity contribution in [3.8, 4) is 5.75 Å². The minimum atomic E-state index is -3.11. The minimum Gasteiger partial charge on any atom is -0.492 e. The monoisotopic (exact) mass is 243 g/mol. The molecule has 0 heterocycles. The van der Waals surface area contributed by atoms with Crippen LogP contribution in [0.4, 0.5) is 0 Å². The van der Waals surface area contributed by atoms with Crippen molar-refractivity contribution in [2.24, 2.45) is 0 Å². The van der Waals surface area contributed by atoms with Crippen LogP contribution < -0.4 is 4.74 Å². The van der Waals surface area contributed by atoms with Crippen LogP contribution in [0.5, 0.6) is 5.75 Å². The van der Waals surface area contributed by atoms with Gasteiger partial charge in [0.25, 0.3) is 0 Å². The van der Waals surface area contributed by atoms with E-state index in [9.17, 15) is 8.42 Å². The van der Waals surface area contributed by atoms with Crippen LogP contribution in [0, 0.1) is 6.92 Å². The Kier molecular flexibility index (Phi) is 4.32. The summed E-state index contributed by atoms with van der Waals surface area (Å²) in [5.74, 6) is 0.757. The van der Waals surface area contributed by atoms with Gasteiger partial charge in [-0.05, 0) is 19.1 Å². The van der Waals surface area contributed by atoms with Gasteiger partial charge in [0.2, 0.25) is 10.0 Å². The van der Waals surface area contributed by atoms with E-state index in [1.165, 1.54) is 23.2 Å². The standard InChI is InChI=1S/C11H17NO3S/c1-10-4-6-11(7-5-10)15-9-8-12(2)16(3,13)14/h4-7H,8-9H2,1-3H3. The highest BCUT2D eigenvalue weighted by Crippen LogP contribution is 2.11. The number of hydrogen-bond donors (Lipinski definition) is 0. The Morgan fingerprint density at radius 2 is 1.81 bits per heavy atom. The second-order valence-electron chi connectivity index (χ2n) is 3.75. The van der Waals surface area contributed by atoms with E-state index in [1.54, 1.807) is 0 Å². The quantitative estimate of drug-likeness (QED) is 0.782. The van der Waals surface area contributed by atoms with Crippen molar-refractivity contribution in [1.29, 1.82) is 0 Å². The van der Waals surface area contributed by atoms with E-state index < -0.39 is 10.0 Å². The number of benzene rings is 1. The van der Waals surface area contributed by atoms with E-state index in [-0.39, 0.29) is 0 Å². The van der Waals surface area contributed by atoms with Crippen molar-refractivity contribution in [3.05, 3.63) is 29.8 Å². The molecule has 90 valence electrons. The SMILES string of the molecule is Cc1ccc(OCCN(C)S(C)(=O)=O)cc1. The van der Waals surface area contributed by atoms with Gasteiger partial charge in [-0.25, -0.2) is 12.7 Å². The van der Waals surface area contributed by atoms with Gasteiger partial charge in [-0.15, -0.1) is 0 Å². The van der Waals surface area contributed by atoms with Gasteiger partial charge >= 0.3 is 0 Å². The average molecular weight is 243 g/mol. The van der Waals surface area contributed by atoms with Crippen molar-refractivity contribution in [1.82, 2.24) is 4.31 Å². The second kappa shape index (κ2) is 5.32. The molecule has 0 aliphatic heterocycles. The molecule has 0 amide bonds. The minimum absolute atomic E-state index is 0.354. The van der Waals surface area contributed by atoms with Crippen molar-refractivity contribution in [2.45, 2.75) is 6.92 Å². The van der Waals surface area contributed by atoms with E-state index in [0.717, 1.165) is 5.75 Å². The van der Waals surface area contributed by atoms with E-state index >= 15 is 0 Å². The summed E-state index contributed by atoms with van der Waals surface area (Å²) in [5, 5.41) is 0. The first-order valence-electron chi connectivity index (χ1n) is 5.00. The summed E-state index contributed by atoms with van der Waals surface area (Å²) in [6.45, 7) is 2.71. The van der Waals surface area contributed by atoms with Gasteiger partial charge in [0.15, 0.2) is 0 Å². The van der Waals surface area contributed by atoms with Crippen molar-refractivity contribution < 1.29 is 13.2 Å². The Bertz CT molecular complexity index is 425. The molecule has 0 saturated heterocycles. The average Bonchev–Trinajstić information content (AvgIpc) is 2.19. The fraction of sp³-hybridized carbons (Fsp3) is 0.455. The molecular weight excluding hydrogens is 226 g/mol. The molecule has 1 aromatic rings. The lowest BCUT2D eigenvalue weighted by molar-refractivity contribution is 0.287. The third kappa shape index (κ3) is 4.20. The first-order chi connectivity index (χ1) is 7.39. The molecule has 0 fully saturated rings. The predicted molar refractivity (Wildman–Crippen MR) is 64.1 cm³/mol. The number of nitrogens with zero attached hydrogens (tertiary/aromatic N) is 1. The van der Waals surface area contributed by atoms with Gasteiger partial charge in [0.1, 0.15) is 12.4 Å². The molecule has 16 heavy (non-hydrogen) atoms. The fourth-order valence-electron chi connectivity index (χ4n) is 1.09. The van der Waals surface area contributed by atoms with Crippen LogP contribution in [0.1, 0.15) is 5.56 Å². The Labute approximate surface area is 96.9 Å². The lowest BCUT2D eigenvalue weighted by Crippen LogP contribution is -2.29. The van der Waals surface area contributed by atoms with Crippen LogP contribution in [0.25, 0.3) is 0 Å². The van der Waals surface area contributed by atoms with Gasteiger partial charge in [-0.2, -0.15) is 0 Å². The van der Waals surface area contributed by atoms with Crippen molar-refractivity contribution >= 4 is 10.0 Å². The van der Waals surface area contributed by atoms with Crippen molar-refractivity contribution in [3.63, 3.8) is 0 Å². The molecule has 0 atom stereocenters. The first-order valence-corrected chi connectivity index (χ1v) is 6.85. The zero-order valence-corrected chi connectivity index (χ0v) is 10.6. The summed E-state index contributed by atoms with van der Waals surface area (Å²) in [6, 6.07) is 7.65. The Balaban J connectivity index is 2.39. The topological polar surface area (TPSA) is 46.6 Å². The van der Waals surface area contributed by atoms with E-state index in [2.05, 4.69) is 0 Å². The summed E-state index contributed by atoms with van der Waals surface area (Å²) >= 11 is 0. The van der Waals surface area contributed by atoms with Crippen LogP contribution in [-0.2, 0) is 10.0 Å². The first kappa shape index (κ1) is 13.0. The highest BCUT2D eigenvalue weighted by molar-refractivity contribution is 7.88. The number of hydrogen-bond acceptors (Lipinski definition) is 3. The van der Waals surface area contributed by atoms with Gasteiger partial charge in [0.05, 0.1) is 6.26 Å². The van der Waals surface area contributed by atoms with Gasteiger partial charge in [0, 0.05) is 13.6 Å². The van der Waals surface area contributed by atoms with E-state index in [4.69, 9.17) is 4.74 Å². The molecule has 0 aliphatic rings. The lowest BCUT2D eigenvalue weighted by Gasteiger charge is -2.14. The Hall–Kier alpha value is -1.07. The van der Waals surface area contributed by atoms with E-state index in [0.29, 0.717) is 13.2 Å². The maximum atomic E-state index is 11.1. The summed E-state index contributed by atoms with van der Waals surface area (Å²) in [6.07, 6.45) is 1.18. The highest BCUT2D eigenvalue weighted by atomic mass is 32.2. The molecule has 1 rings (SSSR count). The maximum Gasteiger partial charge on any atom is 0.211 e. The largest absolute Gasteiger partial charge is 0.492 e. The molecule has 1 aromatic carbocycles. The highest BCUT2D eigenvalue weighted by Gasteiger charge is 2.09. The molecule has 4 nitrogen and oxygen atoms in total. The Morgan fingerprint density at radius 3 is 2.31 bits per heavy atom. The number of aryl methyl sites for hydroxylation is 1. The third-order valence-electron chi connectivity index (χ3n) is 2.26. The molecule has 0 aromatic heterocycles. The second-order valence-corrected chi connectivity index (χ2v) is 5.84. The van der Waals surface area contributed by atoms with Gasteiger partial charge in [-0.3, -0.25) is 0 Å². The molecule has 0 saturated carbocycles. The summed E-state index contributed by atoms with van der Waals surface area (Å²) < 4.78 is 28.9. The zero-order chi connectivity index (χ0) is 12.2. The van der Waals surface area contributed by atoms with Crippen LogP contribution in [0.2, 0.25) is 0 Å². The molecule has 0 unspecified atom stereocenters. The van der Waals surface area contributed by atoms with Crippen molar-refractivity contribution in [2.75, 3.05) is 26.5 Å². The van der Waals surface area contributed by atoms with Crippen LogP contribution in [0.15, 0.2) is 24.3 Å². The molecule has 0 N–H and O–H groups in total. The summed E-state index contributed by atoms with van der Waals surface area (Å²) in [5.41, 5.74) is 1.17. The predicted octanol–water partition coefficient (Wildman–Crippen LogP) is 1.27. The number of ether oxygens (including phenoxy) is 1. The third-order valence-corrected chi connectivity index (χ3v) is 3.58. The maximum absolute atomic E-state index is 11.1. The molecule has 0 radical (unpaired) electrons. The van der Waals surface area contributed by atoms with Crippen LogP contribution >= 0.6 is 0 Å². The lowest BCUT2D eigenvalue weighted by atomic mass is 10.2. The van der Waals surface area contributed by atoms with Gasteiger partial charge in [-0.1, -0.05) is 17.7 Å². The molecular formula is C11H17NO3S. The van der Waals surface area contributed by atoms with Crippen LogP contribution in [0.3, 0.4) is 0 Å². The summed E-state index contributed by atoms with van der Waals surface area (Å²) in [4.78, 5) is 0. The molecule has 0 spiro atoms. The van der Waals surface area contributed by atoms with E-state index in [1.807, 2.05) is 31.2 Å². The van der Waals surface area contributed by atoms with Crippen LogP contribution in [-0.4, -0.2) is 39.2 Å². The fourth-order valence-corrected chi connectivity index (χ4v) is 1.50. The number of rotatable bonds is 5.